The number of carbonyl (C=O) groups excluding carboxylic acids is 1. The van der Waals surface area contributed by atoms with Gasteiger partial charge in [0.2, 0.25) is 0 Å². The number of ether oxygens (including phenoxy) is 1. The second-order valence-electron chi connectivity index (χ2n) is 4.64. The molecule has 6 nitrogen and oxygen atoms in total. The van der Waals surface area contributed by atoms with E-state index in [2.05, 4.69) is 5.32 Å². The Labute approximate surface area is 110 Å². The van der Waals surface area contributed by atoms with Crippen LogP contribution in [0.25, 0.3) is 0 Å². The second-order valence-corrected chi connectivity index (χ2v) is 4.64. The maximum atomic E-state index is 12.1. The normalized spacial score (nSPS) is 22.2. The van der Waals surface area contributed by atoms with Gasteiger partial charge in [-0.1, -0.05) is 6.07 Å². The van der Waals surface area contributed by atoms with Crippen LogP contribution in [0, 0.1) is 0 Å². The topological polar surface area (TPSA) is 95.9 Å². The molecule has 0 bridgehead atoms. The summed E-state index contributed by atoms with van der Waals surface area (Å²) >= 11 is 0. The molecule has 6 heteroatoms. The van der Waals surface area contributed by atoms with Crippen molar-refractivity contribution in [1.82, 2.24) is 0 Å². The minimum Gasteiger partial charge on any atom is -0.505 e. The fraction of sp³-hybridized carbons (Fsp3) is 0.385. The number of carboxylic acids is 1. The zero-order valence-corrected chi connectivity index (χ0v) is 10.5. The number of para-hydroxylation sites is 1. The van der Waals surface area contributed by atoms with Crippen LogP contribution in [0.15, 0.2) is 18.2 Å². The summed E-state index contributed by atoms with van der Waals surface area (Å²) in [6, 6.07) is 4.16. The Morgan fingerprint density at radius 2 is 2.16 bits per heavy atom. The molecule has 3 N–H and O–H groups in total. The van der Waals surface area contributed by atoms with E-state index in [-0.39, 0.29) is 17.2 Å². The van der Waals surface area contributed by atoms with Gasteiger partial charge in [-0.05, 0) is 31.9 Å². The number of rotatable bonds is 3. The number of carbonyl (C=O) groups is 2. The molecule has 1 aliphatic rings. The van der Waals surface area contributed by atoms with E-state index in [1.807, 2.05) is 0 Å². The Bertz CT molecular complexity index is 520. The van der Waals surface area contributed by atoms with E-state index in [4.69, 9.17) is 9.84 Å². The van der Waals surface area contributed by atoms with Crippen LogP contribution in [0.2, 0.25) is 0 Å². The van der Waals surface area contributed by atoms with Crippen molar-refractivity contribution in [3.05, 3.63) is 23.8 Å². The predicted octanol–water partition coefficient (Wildman–Crippen LogP) is 1.60. The van der Waals surface area contributed by atoms with Crippen LogP contribution in [0.4, 0.5) is 5.69 Å². The number of aromatic hydroxyl groups is 1. The van der Waals surface area contributed by atoms with Crippen molar-refractivity contribution in [3.8, 4) is 5.75 Å². The molecule has 1 saturated heterocycles. The molecule has 102 valence electrons. The third kappa shape index (κ3) is 2.53. The second kappa shape index (κ2) is 4.89. The standard InChI is InChI=1S/C13H15NO5/c1-13(6-3-7-19-13)12(18)14-9-5-2-4-8(10(9)15)11(16)17/h2,4-5,15H,3,6-7H2,1H3,(H,14,18)(H,16,17). The number of nitrogens with one attached hydrogen (secondary N) is 1. The van der Waals surface area contributed by atoms with Gasteiger partial charge in [-0.15, -0.1) is 0 Å². The first-order valence-corrected chi connectivity index (χ1v) is 5.95. The highest BCUT2D eigenvalue weighted by molar-refractivity contribution is 6.01. The van der Waals surface area contributed by atoms with Gasteiger partial charge < -0.3 is 20.3 Å². The highest BCUT2D eigenvalue weighted by atomic mass is 16.5. The van der Waals surface area contributed by atoms with Crippen molar-refractivity contribution < 1.29 is 24.5 Å². The van der Waals surface area contributed by atoms with E-state index in [1.165, 1.54) is 18.2 Å². The fourth-order valence-corrected chi connectivity index (χ4v) is 2.03. The summed E-state index contributed by atoms with van der Waals surface area (Å²) < 4.78 is 5.38. The SMILES string of the molecule is CC1(C(=O)Nc2cccc(C(=O)O)c2O)CCCO1. The van der Waals surface area contributed by atoms with E-state index in [1.54, 1.807) is 6.92 Å². The number of amides is 1. The van der Waals surface area contributed by atoms with Crippen LogP contribution >= 0.6 is 0 Å². The number of carboxylic acid groups (broad SMARTS) is 1. The van der Waals surface area contributed by atoms with Gasteiger partial charge in [-0.25, -0.2) is 4.79 Å². The molecule has 2 rings (SSSR count). The van der Waals surface area contributed by atoms with Gasteiger partial charge in [0.25, 0.3) is 5.91 Å². The lowest BCUT2D eigenvalue weighted by Crippen LogP contribution is -2.39. The van der Waals surface area contributed by atoms with Gasteiger partial charge in [0.1, 0.15) is 11.2 Å². The molecule has 1 aromatic carbocycles. The van der Waals surface area contributed by atoms with Gasteiger partial charge in [0, 0.05) is 6.61 Å². The number of hydrogen-bond acceptors (Lipinski definition) is 4. The van der Waals surface area contributed by atoms with Crippen LogP contribution in [0.1, 0.15) is 30.1 Å². The monoisotopic (exact) mass is 265 g/mol. The summed E-state index contributed by atoms with van der Waals surface area (Å²) in [6.45, 7) is 2.19. The van der Waals surface area contributed by atoms with E-state index in [9.17, 15) is 14.7 Å². The van der Waals surface area contributed by atoms with E-state index < -0.39 is 17.3 Å². The van der Waals surface area contributed by atoms with Gasteiger partial charge in [0.05, 0.1) is 5.69 Å². The van der Waals surface area contributed by atoms with Crippen LogP contribution in [-0.2, 0) is 9.53 Å². The number of phenols is 1. The van der Waals surface area contributed by atoms with Crippen molar-refractivity contribution >= 4 is 17.6 Å². The van der Waals surface area contributed by atoms with Crippen molar-refractivity contribution in [1.29, 1.82) is 0 Å². The molecule has 19 heavy (non-hydrogen) atoms. The molecule has 1 amide bonds. The van der Waals surface area contributed by atoms with E-state index in [0.717, 1.165) is 6.42 Å². The summed E-state index contributed by atoms with van der Waals surface area (Å²) in [5.74, 6) is -2.09. The number of benzene rings is 1. The van der Waals surface area contributed by atoms with Gasteiger partial charge in [-0.3, -0.25) is 4.79 Å². The Morgan fingerprint density at radius 1 is 1.42 bits per heavy atom. The van der Waals surface area contributed by atoms with Crippen molar-refractivity contribution in [2.24, 2.45) is 0 Å². The maximum absolute atomic E-state index is 12.1. The van der Waals surface area contributed by atoms with Crippen LogP contribution < -0.4 is 5.32 Å². The summed E-state index contributed by atoms with van der Waals surface area (Å²) in [5.41, 5.74) is -1.11. The lowest BCUT2D eigenvalue weighted by atomic mass is 10.0. The molecule has 1 fully saturated rings. The molecule has 0 spiro atoms. The Kier molecular flexibility index (Phi) is 3.44. The van der Waals surface area contributed by atoms with Gasteiger partial charge in [0.15, 0.2) is 5.75 Å². The van der Waals surface area contributed by atoms with E-state index >= 15 is 0 Å². The molecule has 0 aromatic heterocycles. The van der Waals surface area contributed by atoms with Crippen molar-refractivity contribution in [2.75, 3.05) is 11.9 Å². The number of anilines is 1. The molecule has 1 aromatic rings. The third-order valence-corrected chi connectivity index (χ3v) is 3.21. The molecular weight excluding hydrogens is 250 g/mol. The molecule has 0 radical (unpaired) electrons. The third-order valence-electron chi connectivity index (χ3n) is 3.21. The molecule has 1 heterocycles. The summed E-state index contributed by atoms with van der Waals surface area (Å²) in [6.07, 6.45) is 1.39. The quantitative estimate of drug-likeness (QED) is 0.721. The largest absolute Gasteiger partial charge is 0.505 e. The minimum absolute atomic E-state index is 0.0709. The molecule has 1 atom stereocenters. The van der Waals surface area contributed by atoms with Gasteiger partial charge >= 0.3 is 5.97 Å². The summed E-state index contributed by atoms with van der Waals surface area (Å²) in [7, 11) is 0. The first kappa shape index (κ1) is 13.4. The Balaban J connectivity index is 2.22. The Hall–Kier alpha value is -2.08. The predicted molar refractivity (Wildman–Crippen MR) is 67.3 cm³/mol. The first-order valence-electron chi connectivity index (χ1n) is 5.95. The highest BCUT2D eigenvalue weighted by Gasteiger charge is 2.38. The minimum atomic E-state index is -1.25. The summed E-state index contributed by atoms with van der Waals surface area (Å²) in [4.78, 5) is 23.0. The lowest BCUT2D eigenvalue weighted by molar-refractivity contribution is -0.133. The summed E-state index contributed by atoms with van der Waals surface area (Å²) in [5, 5.41) is 21.2. The number of hydrogen-bond donors (Lipinski definition) is 3. The van der Waals surface area contributed by atoms with Crippen LogP contribution in [0.5, 0.6) is 5.75 Å². The molecule has 1 aliphatic heterocycles. The molecule has 0 aliphatic carbocycles. The molecule has 0 saturated carbocycles. The van der Waals surface area contributed by atoms with Crippen LogP contribution in [0.3, 0.4) is 0 Å². The number of aromatic carboxylic acids is 1. The lowest BCUT2D eigenvalue weighted by Gasteiger charge is -2.22. The van der Waals surface area contributed by atoms with Crippen molar-refractivity contribution in [3.63, 3.8) is 0 Å². The molecular formula is C13H15NO5. The van der Waals surface area contributed by atoms with Crippen molar-refractivity contribution in [2.45, 2.75) is 25.4 Å². The smallest absolute Gasteiger partial charge is 0.339 e. The van der Waals surface area contributed by atoms with E-state index in [0.29, 0.717) is 13.0 Å². The van der Waals surface area contributed by atoms with Gasteiger partial charge in [-0.2, -0.15) is 0 Å². The Morgan fingerprint density at radius 3 is 2.74 bits per heavy atom. The average molecular weight is 265 g/mol. The first-order chi connectivity index (χ1) is 8.94. The average Bonchev–Trinajstić information content (AvgIpc) is 2.80. The zero-order valence-electron chi connectivity index (χ0n) is 10.5. The maximum Gasteiger partial charge on any atom is 0.339 e. The van der Waals surface area contributed by atoms with Crippen LogP contribution in [-0.4, -0.2) is 34.3 Å². The molecule has 1 unspecified atom stereocenters. The fourth-order valence-electron chi connectivity index (χ4n) is 2.03. The zero-order chi connectivity index (χ0) is 14.0. The highest BCUT2D eigenvalue weighted by Crippen LogP contribution is 2.31.